The second kappa shape index (κ2) is 11.0. The molecule has 0 fully saturated rings. The molecule has 3 nitrogen and oxygen atoms in total. The lowest BCUT2D eigenvalue weighted by atomic mass is 9.82. The van der Waals surface area contributed by atoms with Crippen LogP contribution in [0.1, 0.15) is 25.0 Å². The lowest BCUT2D eigenvalue weighted by Gasteiger charge is -2.33. The van der Waals surface area contributed by atoms with Crippen LogP contribution in [-0.4, -0.2) is 9.55 Å². The van der Waals surface area contributed by atoms with Crippen LogP contribution in [0.3, 0.4) is 0 Å². The molecule has 2 aromatic heterocycles. The first-order valence-corrected chi connectivity index (χ1v) is 19.1. The van der Waals surface area contributed by atoms with Gasteiger partial charge < -0.3 is 9.47 Å². The SMILES string of the molecule is CC1(C)c2ccccc2-c2cc3c4cc(N5c6ccc(-c7ccccc7)cc6-c6nc7ccccc7c7cccc5c67)ccc4n(-c4ccccc4)c3cc21. The number of pyridine rings is 1. The fraction of sp³-hybridized carbons (Fsp3) is 0.0577. The molecule has 1 aliphatic heterocycles. The van der Waals surface area contributed by atoms with E-state index in [1.54, 1.807) is 0 Å². The average molecular weight is 702 g/mol. The van der Waals surface area contributed by atoms with Crippen molar-refractivity contribution in [1.82, 2.24) is 9.55 Å². The van der Waals surface area contributed by atoms with Gasteiger partial charge >= 0.3 is 0 Å². The minimum Gasteiger partial charge on any atom is -0.309 e. The molecule has 55 heavy (non-hydrogen) atoms. The van der Waals surface area contributed by atoms with E-state index >= 15 is 0 Å². The van der Waals surface area contributed by atoms with Crippen LogP contribution in [0, 0.1) is 0 Å². The summed E-state index contributed by atoms with van der Waals surface area (Å²) in [6.07, 6.45) is 0. The first-order chi connectivity index (χ1) is 27.0. The van der Waals surface area contributed by atoms with E-state index in [0.717, 1.165) is 39.5 Å². The highest BCUT2D eigenvalue weighted by Gasteiger charge is 2.36. The standard InChI is InChI=1S/C52H35N3/c1-52(2)43-21-11-9-18-36(43)39-30-41-40-29-35(25-27-46(40)54(49(41)31-44(39)52)34-16-7-4-8-17-34)55-47-26-24-33(32-14-5-3-6-15-32)28-42(47)51-50-38(20-13-23-48(50)55)37-19-10-12-22-45(37)53-51/h3-31H,1-2H3. The normalized spacial score (nSPS) is 13.7. The lowest BCUT2D eigenvalue weighted by Crippen LogP contribution is -2.16. The van der Waals surface area contributed by atoms with E-state index in [1.165, 1.54) is 71.3 Å². The molecular formula is C52H35N3. The molecule has 0 unspecified atom stereocenters. The predicted molar refractivity (Wildman–Crippen MR) is 230 cm³/mol. The van der Waals surface area contributed by atoms with Crippen LogP contribution in [-0.2, 0) is 5.41 Å². The summed E-state index contributed by atoms with van der Waals surface area (Å²) in [6, 6.07) is 64.6. The second-order valence-electron chi connectivity index (χ2n) is 15.6. The van der Waals surface area contributed by atoms with Gasteiger partial charge in [0.05, 0.1) is 33.6 Å². The van der Waals surface area contributed by atoms with Crippen LogP contribution < -0.4 is 4.90 Å². The number of hydrogen-bond acceptors (Lipinski definition) is 2. The third-order valence-corrected chi connectivity index (χ3v) is 12.3. The van der Waals surface area contributed by atoms with Gasteiger partial charge in [-0.25, -0.2) is 4.98 Å². The Labute approximate surface area is 319 Å². The van der Waals surface area contributed by atoms with Gasteiger partial charge in [0, 0.05) is 43.9 Å². The molecule has 12 rings (SSSR count). The summed E-state index contributed by atoms with van der Waals surface area (Å²) < 4.78 is 2.45. The summed E-state index contributed by atoms with van der Waals surface area (Å²) in [5.41, 5.74) is 17.9. The second-order valence-corrected chi connectivity index (χ2v) is 15.6. The van der Waals surface area contributed by atoms with Crippen molar-refractivity contribution in [2.24, 2.45) is 0 Å². The van der Waals surface area contributed by atoms with Crippen LogP contribution in [0.5, 0.6) is 0 Å². The molecule has 0 N–H and O–H groups in total. The summed E-state index contributed by atoms with van der Waals surface area (Å²) in [7, 11) is 0. The van der Waals surface area contributed by atoms with Gasteiger partial charge in [-0.3, -0.25) is 0 Å². The Hall–Kier alpha value is -6.97. The zero-order valence-electron chi connectivity index (χ0n) is 30.6. The highest BCUT2D eigenvalue weighted by molar-refractivity contribution is 6.21. The van der Waals surface area contributed by atoms with E-state index in [2.05, 4.69) is 199 Å². The Bertz CT molecular complexity index is 3230. The number of fused-ring (bicyclic) bond motifs is 10. The summed E-state index contributed by atoms with van der Waals surface area (Å²) in [5, 5.41) is 6.07. The Morgan fingerprint density at radius 1 is 0.436 bits per heavy atom. The van der Waals surface area contributed by atoms with Gasteiger partial charge in [0.25, 0.3) is 0 Å². The van der Waals surface area contributed by atoms with E-state index in [1.807, 2.05) is 0 Å². The largest absolute Gasteiger partial charge is 0.309 e. The third kappa shape index (κ3) is 4.18. The number of anilines is 3. The minimum atomic E-state index is -0.0936. The van der Waals surface area contributed by atoms with Gasteiger partial charge in [-0.2, -0.15) is 0 Å². The van der Waals surface area contributed by atoms with Crippen LogP contribution in [0.4, 0.5) is 17.1 Å². The van der Waals surface area contributed by atoms with Crippen molar-refractivity contribution < 1.29 is 0 Å². The molecule has 0 saturated carbocycles. The van der Waals surface area contributed by atoms with Crippen LogP contribution in [0.25, 0.3) is 82.7 Å². The van der Waals surface area contributed by atoms with E-state index in [-0.39, 0.29) is 5.41 Å². The molecule has 0 spiro atoms. The molecule has 0 atom stereocenters. The Balaban J connectivity index is 1.16. The van der Waals surface area contributed by atoms with E-state index < -0.39 is 0 Å². The van der Waals surface area contributed by atoms with Gasteiger partial charge in [0.1, 0.15) is 0 Å². The molecule has 1 aliphatic carbocycles. The molecule has 0 saturated heterocycles. The van der Waals surface area contributed by atoms with Crippen molar-refractivity contribution >= 4 is 60.5 Å². The number of para-hydroxylation sites is 2. The van der Waals surface area contributed by atoms with Gasteiger partial charge in [-0.1, -0.05) is 123 Å². The molecule has 0 amide bonds. The van der Waals surface area contributed by atoms with Crippen LogP contribution in [0.15, 0.2) is 176 Å². The van der Waals surface area contributed by atoms with E-state index in [9.17, 15) is 0 Å². The smallest absolute Gasteiger partial charge is 0.0830 e. The number of benzene rings is 8. The first-order valence-electron chi connectivity index (χ1n) is 19.1. The zero-order chi connectivity index (χ0) is 36.4. The molecule has 0 bridgehead atoms. The molecule has 10 aromatic rings. The van der Waals surface area contributed by atoms with Gasteiger partial charge in [-0.05, 0) is 105 Å². The monoisotopic (exact) mass is 701 g/mol. The number of nitrogens with zero attached hydrogens (tertiary/aromatic N) is 3. The zero-order valence-corrected chi connectivity index (χ0v) is 30.6. The Morgan fingerprint density at radius 3 is 2.05 bits per heavy atom. The van der Waals surface area contributed by atoms with E-state index in [0.29, 0.717) is 0 Å². The lowest BCUT2D eigenvalue weighted by molar-refractivity contribution is 0.661. The first kappa shape index (κ1) is 30.5. The number of rotatable bonds is 3. The number of aromatic nitrogens is 2. The van der Waals surface area contributed by atoms with Crippen molar-refractivity contribution in [1.29, 1.82) is 0 Å². The van der Waals surface area contributed by atoms with E-state index in [4.69, 9.17) is 4.98 Å². The average Bonchev–Trinajstić information content (AvgIpc) is 3.68. The quantitative estimate of drug-likeness (QED) is 0.171. The molecule has 3 heteroatoms. The van der Waals surface area contributed by atoms with Crippen molar-refractivity contribution in [3.63, 3.8) is 0 Å². The molecule has 3 heterocycles. The molecule has 0 radical (unpaired) electrons. The topological polar surface area (TPSA) is 21.1 Å². The fourth-order valence-corrected chi connectivity index (χ4v) is 9.70. The van der Waals surface area contributed by atoms with Gasteiger partial charge in [0.2, 0.25) is 0 Å². The highest BCUT2D eigenvalue weighted by atomic mass is 15.2. The van der Waals surface area contributed by atoms with Crippen LogP contribution in [0.2, 0.25) is 0 Å². The number of hydrogen-bond donors (Lipinski definition) is 0. The van der Waals surface area contributed by atoms with Gasteiger partial charge in [-0.15, -0.1) is 0 Å². The Kier molecular flexibility index (Phi) is 6.12. The Morgan fingerprint density at radius 2 is 1.18 bits per heavy atom. The fourth-order valence-electron chi connectivity index (χ4n) is 9.70. The van der Waals surface area contributed by atoms with Crippen molar-refractivity contribution in [2.75, 3.05) is 4.90 Å². The predicted octanol–water partition coefficient (Wildman–Crippen LogP) is 13.9. The van der Waals surface area contributed by atoms with Crippen molar-refractivity contribution in [2.45, 2.75) is 19.3 Å². The van der Waals surface area contributed by atoms with Crippen molar-refractivity contribution in [3.8, 4) is 39.2 Å². The molecule has 8 aromatic carbocycles. The van der Waals surface area contributed by atoms with Gasteiger partial charge in [0.15, 0.2) is 0 Å². The molecule has 258 valence electrons. The third-order valence-electron chi connectivity index (χ3n) is 12.3. The molecule has 2 aliphatic rings. The van der Waals surface area contributed by atoms with Crippen LogP contribution >= 0.6 is 0 Å². The highest BCUT2D eigenvalue weighted by Crippen LogP contribution is 2.54. The summed E-state index contributed by atoms with van der Waals surface area (Å²) >= 11 is 0. The maximum Gasteiger partial charge on any atom is 0.0830 e. The maximum absolute atomic E-state index is 5.40. The summed E-state index contributed by atoms with van der Waals surface area (Å²) in [5.74, 6) is 0. The van der Waals surface area contributed by atoms with Crippen molar-refractivity contribution in [3.05, 3.63) is 187 Å². The summed E-state index contributed by atoms with van der Waals surface area (Å²) in [6.45, 7) is 4.73. The minimum absolute atomic E-state index is 0.0936. The summed E-state index contributed by atoms with van der Waals surface area (Å²) in [4.78, 5) is 7.86. The molecular weight excluding hydrogens is 667 g/mol. The maximum atomic E-state index is 5.40.